The Kier molecular flexibility index (Phi) is 7.13. The van der Waals surface area contributed by atoms with Crippen LogP contribution in [0, 0.1) is 5.92 Å². The van der Waals surface area contributed by atoms with Crippen molar-refractivity contribution in [2.45, 2.75) is 33.1 Å². The number of hydrogen-bond donors (Lipinski definition) is 3. The Bertz CT molecular complexity index is 655. The minimum absolute atomic E-state index is 0.196. The van der Waals surface area contributed by atoms with Crippen molar-refractivity contribution in [2.24, 2.45) is 5.92 Å². The van der Waals surface area contributed by atoms with Crippen molar-refractivity contribution in [3.63, 3.8) is 0 Å². The molecule has 2 heterocycles. The molecule has 7 nitrogen and oxygen atoms in total. The van der Waals surface area contributed by atoms with Gasteiger partial charge in [0.05, 0.1) is 0 Å². The molecule has 0 aliphatic heterocycles. The third-order valence-electron chi connectivity index (χ3n) is 3.14. The van der Waals surface area contributed by atoms with Gasteiger partial charge in [-0.15, -0.1) is 0 Å². The van der Waals surface area contributed by atoms with E-state index in [1.165, 1.54) is 0 Å². The number of carbonyl (C=O) groups is 1. The van der Waals surface area contributed by atoms with Gasteiger partial charge in [0.25, 0.3) is 0 Å². The molecule has 0 spiro atoms. The summed E-state index contributed by atoms with van der Waals surface area (Å²) in [6.07, 6.45) is 1.62. The van der Waals surface area contributed by atoms with Crippen molar-refractivity contribution in [2.75, 3.05) is 6.54 Å². The third kappa shape index (κ3) is 6.25. The first kappa shape index (κ1) is 18.3. The Labute approximate surface area is 150 Å². The monoisotopic (exact) mass is 367 g/mol. The molecule has 24 heavy (non-hydrogen) atoms. The third-order valence-corrected chi connectivity index (χ3v) is 4.07. The van der Waals surface area contributed by atoms with Crippen LogP contribution in [-0.4, -0.2) is 27.7 Å². The predicted molar refractivity (Wildman–Crippen MR) is 97.3 cm³/mol. The normalized spacial score (nSPS) is 10.6. The van der Waals surface area contributed by atoms with Crippen molar-refractivity contribution < 1.29 is 9.32 Å². The summed E-state index contributed by atoms with van der Waals surface area (Å²) in [7, 11) is 0. The number of thiocarbonyl (C=S) groups is 1. The molecule has 2 aromatic rings. The van der Waals surface area contributed by atoms with Crippen LogP contribution in [0.25, 0.3) is 11.4 Å². The van der Waals surface area contributed by atoms with Crippen LogP contribution in [-0.2, 0) is 11.2 Å². The van der Waals surface area contributed by atoms with Gasteiger partial charge in [-0.1, -0.05) is 19.0 Å². The summed E-state index contributed by atoms with van der Waals surface area (Å²) in [5, 5.41) is 11.2. The highest BCUT2D eigenvalue weighted by Gasteiger charge is 2.11. The Morgan fingerprint density at radius 2 is 2.25 bits per heavy atom. The Hall–Kier alpha value is -2.00. The quantitative estimate of drug-likeness (QED) is 0.511. The minimum Gasteiger partial charge on any atom is -0.361 e. The van der Waals surface area contributed by atoms with E-state index < -0.39 is 0 Å². The van der Waals surface area contributed by atoms with Crippen LogP contribution in [0.2, 0.25) is 0 Å². The van der Waals surface area contributed by atoms with E-state index in [4.69, 9.17) is 16.7 Å². The van der Waals surface area contributed by atoms with Crippen LogP contribution in [0.1, 0.15) is 32.6 Å². The van der Waals surface area contributed by atoms with E-state index in [0.29, 0.717) is 29.2 Å². The Morgan fingerprint density at radius 3 is 2.96 bits per heavy atom. The summed E-state index contributed by atoms with van der Waals surface area (Å²) >= 11 is 6.64. The van der Waals surface area contributed by atoms with E-state index in [9.17, 15) is 4.79 Å². The largest absolute Gasteiger partial charge is 0.361 e. The zero-order valence-corrected chi connectivity index (χ0v) is 15.3. The van der Waals surface area contributed by atoms with Gasteiger partial charge in [-0.2, -0.15) is 16.3 Å². The summed E-state index contributed by atoms with van der Waals surface area (Å²) in [5.41, 5.74) is 6.14. The van der Waals surface area contributed by atoms with Gasteiger partial charge in [0.15, 0.2) is 5.11 Å². The van der Waals surface area contributed by atoms with Crippen molar-refractivity contribution in [3.05, 3.63) is 22.7 Å². The lowest BCUT2D eigenvalue weighted by Gasteiger charge is -2.12. The number of nitrogens with one attached hydrogen (secondary N) is 3. The molecule has 1 amide bonds. The van der Waals surface area contributed by atoms with E-state index in [-0.39, 0.29) is 12.3 Å². The van der Waals surface area contributed by atoms with Crippen LogP contribution in [0.5, 0.6) is 0 Å². The second-order valence-corrected chi connectivity index (χ2v) is 6.82. The van der Waals surface area contributed by atoms with Crippen molar-refractivity contribution in [1.29, 1.82) is 0 Å². The Morgan fingerprint density at radius 1 is 1.42 bits per heavy atom. The van der Waals surface area contributed by atoms with Crippen molar-refractivity contribution in [3.8, 4) is 11.4 Å². The second-order valence-electron chi connectivity index (χ2n) is 5.64. The molecule has 3 N–H and O–H groups in total. The van der Waals surface area contributed by atoms with Crippen LogP contribution < -0.4 is 16.2 Å². The molecule has 0 aromatic carbocycles. The standard InChI is InChI=1S/C15H21N5O2S2/c1-10(2)5-7-16-15(23)19-18-12(21)3-4-13-17-14(20-22-13)11-6-8-24-9-11/h6,8-10H,3-5,7H2,1-2H3,(H,18,21)(H2,16,19,23). The van der Waals surface area contributed by atoms with Gasteiger partial charge in [0.2, 0.25) is 17.6 Å². The fourth-order valence-corrected chi connectivity index (χ4v) is 2.58. The number of aryl methyl sites for hydroxylation is 1. The topological polar surface area (TPSA) is 92.1 Å². The van der Waals surface area contributed by atoms with Crippen LogP contribution in [0.3, 0.4) is 0 Å². The molecule has 9 heteroatoms. The first-order valence-corrected chi connectivity index (χ1v) is 9.07. The summed E-state index contributed by atoms with van der Waals surface area (Å²) < 4.78 is 5.14. The van der Waals surface area contributed by atoms with Gasteiger partial charge in [-0.25, -0.2) is 0 Å². The molecule has 0 radical (unpaired) electrons. The average Bonchev–Trinajstić information content (AvgIpc) is 3.21. The maximum Gasteiger partial charge on any atom is 0.238 e. The van der Waals surface area contributed by atoms with Crippen molar-refractivity contribution in [1.82, 2.24) is 26.3 Å². The predicted octanol–water partition coefficient (Wildman–Crippen LogP) is 2.27. The molecule has 2 rings (SSSR count). The van der Waals surface area contributed by atoms with Crippen LogP contribution in [0.15, 0.2) is 21.3 Å². The molecule has 0 fully saturated rings. The number of aromatic nitrogens is 2. The smallest absolute Gasteiger partial charge is 0.238 e. The SMILES string of the molecule is CC(C)CCNC(=S)NNC(=O)CCc1nc(-c2ccsc2)no1. The number of hydrazine groups is 1. The maximum absolute atomic E-state index is 11.8. The number of thiophene rings is 1. The van der Waals surface area contributed by atoms with Gasteiger partial charge in [-0.3, -0.25) is 15.6 Å². The van der Waals surface area contributed by atoms with E-state index in [0.717, 1.165) is 18.5 Å². The van der Waals surface area contributed by atoms with Gasteiger partial charge in [-0.05, 0) is 36.0 Å². The Balaban J connectivity index is 1.65. The fourth-order valence-electron chi connectivity index (χ4n) is 1.79. The summed E-state index contributed by atoms with van der Waals surface area (Å²) in [6.45, 7) is 5.05. The summed E-state index contributed by atoms with van der Waals surface area (Å²) in [4.78, 5) is 16.1. The first-order chi connectivity index (χ1) is 11.5. The van der Waals surface area contributed by atoms with Gasteiger partial charge in [0.1, 0.15) is 0 Å². The lowest BCUT2D eigenvalue weighted by Crippen LogP contribution is -2.47. The second kappa shape index (κ2) is 9.33. The highest BCUT2D eigenvalue weighted by molar-refractivity contribution is 7.80. The van der Waals surface area contributed by atoms with Gasteiger partial charge in [0, 0.05) is 30.3 Å². The summed E-state index contributed by atoms with van der Waals surface area (Å²) in [6, 6.07) is 1.92. The maximum atomic E-state index is 11.8. The zero-order valence-electron chi connectivity index (χ0n) is 13.7. The summed E-state index contributed by atoms with van der Waals surface area (Å²) in [5.74, 6) is 1.38. The van der Waals surface area contributed by atoms with Crippen LogP contribution in [0.4, 0.5) is 0 Å². The molecular weight excluding hydrogens is 346 g/mol. The van der Waals surface area contributed by atoms with E-state index in [2.05, 4.69) is 40.2 Å². The number of hydrogen-bond acceptors (Lipinski definition) is 6. The number of rotatable bonds is 7. The molecule has 0 aliphatic rings. The van der Waals surface area contributed by atoms with E-state index in [1.54, 1.807) is 11.3 Å². The molecule has 0 saturated carbocycles. The number of nitrogens with zero attached hydrogens (tertiary/aromatic N) is 2. The van der Waals surface area contributed by atoms with Gasteiger partial charge >= 0.3 is 0 Å². The first-order valence-electron chi connectivity index (χ1n) is 7.72. The molecule has 130 valence electrons. The highest BCUT2D eigenvalue weighted by Crippen LogP contribution is 2.18. The molecule has 0 saturated heterocycles. The fraction of sp³-hybridized carbons (Fsp3) is 0.467. The molecule has 0 aliphatic carbocycles. The average molecular weight is 368 g/mol. The molecular formula is C15H21N5O2S2. The van der Waals surface area contributed by atoms with Gasteiger partial charge < -0.3 is 9.84 Å². The lowest BCUT2D eigenvalue weighted by molar-refractivity contribution is -0.121. The van der Waals surface area contributed by atoms with Crippen LogP contribution >= 0.6 is 23.6 Å². The number of carbonyl (C=O) groups excluding carboxylic acids is 1. The molecule has 0 atom stereocenters. The lowest BCUT2D eigenvalue weighted by atomic mass is 10.1. The van der Waals surface area contributed by atoms with Crippen molar-refractivity contribution >= 4 is 34.6 Å². The molecule has 0 bridgehead atoms. The zero-order chi connectivity index (χ0) is 17.4. The molecule has 2 aromatic heterocycles. The minimum atomic E-state index is -0.196. The molecule has 0 unspecified atom stereocenters. The van der Waals surface area contributed by atoms with E-state index >= 15 is 0 Å². The van der Waals surface area contributed by atoms with E-state index in [1.807, 2.05) is 16.8 Å². The highest BCUT2D eigenvalue weighted by atomic mass is 32.1. The number of amides is 1.